The molecule has 6 heteroatoms. The summed E-state index contributed by atoms with van der Waals surface area (Å²) >= 11 is 0. The van der Waals surface area contributed by atoms with E-state index in [-0.39, 0.29) is 25.3 Å². The minimum absolute atomic E-state index is 0.182. The maximum atomic E-state index is 11.1. The Morgan fingerprint density at radius 2 is 1.88 bits per heavy atom. The van der Waals surface area contributed by atoms with E-state index in [4.69, 9.17) is 4.74 Å². The van der Waals surface area contributed by atoms with E-state index in [1.165, 1.54) is 6.92 Å². The first-order chi connectivity index (χ1) is 8.01. The van der Waals surface area contributed by atoms with Gasteiger partial charge in [-0.15, -0.1) is 0 Å². The van der Waals surface area contributed by atoms with E-state index < -0.39 is 18.0 Å². The van der Waals surface area contributed by atoms with Crippen molar-refractivity contribution in [2.45, 2.75) is 13.0 Å². The molecule has 94 valence electrons. The minimum Gasteiger partial charge on any atom is -0.458 e. The average molecular weight is 242 g/mol. The first-order valence-corrected chi connectivity index (χ1v) is 4.72. The number of hydrogen-bond acceptors (Lipinski definition) is 6. The second-order valence-corrected chi connectivity index (χ2v) is 3.07. The van der Waals surface area contributed by atoms with Gasteiger partial charge in [-0.1, -0.05) is 13.2 Å². The zero-order valence-electron chi connectivity index (χ0n) is 9.51. The lowest BCUT2D eigenvalue weighted by Gasteiger charge is -2.14. The Morgan fingerprint density at radius 3 is 2.35 bits per heavy atom. The number of ether oxygens (including phenoxy) is 3. The molecule has 0 aliphatic rings. The van der Waals surface area contributed by atoms with Crippen LogP contribution in [0.3, 0.4) is 0 Å². The molecular weight excluding hydrogens is 228 g/mol. The Labute approximate surface area is 98.8 Å². The molecule has 0 spiro atoms. The van der Waals surface area contributed by atoms with E-state index in [1.807, 2.05) is 0 Å². The Morgan fingerprint density at radius 1 is 1.29 bits per heavy atom. The minimum atomic E-state index is -0.848. The largest absolute Gasteiger partial charge is 0.458 e. The lowest BCUT2D eigenvalue weighted by molar-refractivity contribution is -0.155. The molecule has 0 aliphatic heterocycles. The number of esters is 2. The zero-order valence-corrected chi connectivity index (χ0v) is 9.51. The second kappa shape index (κ2) is 8.09. The Balaban J connectivity index is 4.10. The van der Waals surface area contributed by atoms with E-state index in [0.29, 0.717) is 0 Å². The molecule has 0 amide bonds. The molecule has 17 heavy (non-hydrogen) atoms. The Bertz CT molecular complexity index is 320. The van der Waals surface area contributed by atoms with Crippen molar-refractivity contribution in [2.75, 3.05) is 13.2 Å². The molecule has 0 fully saturated rings. The van der Waals surface area contributed by atoms with Gasteiger partial charge >= 0.3 is 11.9 Å². The van der Waals surface area contributed by atoms with Crippen LogP contribution in [0.15, 0.2) is 24.8 Å². The van der Waals surface area contributed by atoms with Crippen LogP contribution in [0.5, 0.6) is 0 Å². The van der Waals surface area contributed by atoms with Gasteiger partial charge in [-0.3, -0.25) is 4.79 Å². The van der Waals surface area contributed by atoms with Crippen molar-refractivity contribution in [1.82, 2.24) is 0 Å². The summed E-state index contributed by atoms with van der Waals surface area (Å²) < 4.78 is 14.0. The van der Waals surface area contributed by atoms with Gasteiger partial charge in [-0.2, -0.15) is 0 Å². The van der Waals surface area contributed by atoms with Crippen LogP contribution in [-0.2, 0) is 28.6 Å². The summed E-state index contributed by atoms with van der Waals surface area (Å²) in [6.45, 7) is 7.82. The summed E-state index contributed by atoms with van der Waals surface area (Å²) in [4.78, 5) is 32.0. The number of hydrogen-bond donors (Lipinski definition) is 0. The van der Waals surface area contributed by atoms with Crippen LogP contribution in [0.2, 0.25) is 0 Å². The Hall–Kier alpha value is -2.11. The molecule has 0 aromatic carbocycles. The van der Waals surface area contributed by atoms with E-state index >= 15 is 0 Å². The smallest absolute Gasteiger partial charge is 0.333 e. The van der Waals surface area contributed by atoms with E-state index in [2.05, 4.69) is 22.6 Å². The maximum Gasteiger partial charge on any atom is 0.333 e. The van der Waals surface area contributed by atoms with Crippen LogP contribution in [0.1, 0.15) is 6.92 Å². The Kier molecular flexibility index (Phi) is 7.09. The highest BCUT2D eigenvalue weighted by molar-refractivity contribution is 5.86. The molecule has 1 atom stereocenters. The molecule has 1 unspecified atom stereocenters. The molecule has 0 heterocycles. The van der Waals surface area contributed by atoms with Crippen molar-refractivity contribution in [3.63, 3.8) is 0 Å². The van der Waals surface area contributed by atoms with Crippen LogP contribution in [0.4, 0.5) is 0 Å². The number of carbonyl (C=O) groups excluding carboxylic acids is 3. The van der Waals surface area contributed by atoms with Gasteiger partial charge in [-0.05, 0) is 6.92 Å². The molecular formula is C11H14O6. The maximum absolute atomic E-state index is 11.1. The molecule has 0 bridgehead atoms. The summed E-state index contributed by atoms with van der Waals surface area (Å²) in [5.41, 5.74) is 0.220. The van der Waals surface area contributed by atoms with Crippen molar-refractivity contribution >= 4 is 18.4 Å². The molecule has 0 aliphatic carbocycles. The van der Waals surface area contributed by atoms with Crippen molar-refractivity contribution in [1.29, 1.82) is 0 Å². The average Bonchev–Trinajstić information content (AvgIpc) is 2.31. The zero-order chi connectivity index (χ0) is 13.3. The van der Waals surface area contributed by atoms with Crippen molar-refractivity contribution in [2.24, 2.45) is 0 Å². The van der Waals surface area contributed by atoms with Crippen LogP contribution in [0.25, 0.3) is 0 Å². The number of rotatable bonds is 8. The third kappa shape index (κ3) is 6.88. The molecule has 0 aromatic heterocycles. The molecule has 0 rings (SSSR count). The third-order valence-corrected chi connectivity index (χ3v) is 1.57. The van der Waals surface area contributed by atoms with Gasteiger partial charge in [0.1, 0.15) is 13.2 Å². The van der Waals surface area contributed by atoms with Crippen molar-refractivity contribution in [3.05, 3.63) is 24.8 Å². The summed E-state index contributed by atoms with van der Waals surface area (Å²) in [5, 5.41) is 0. The van der Waals surface area contributed by atoms with E-state index in [0.717, 1.165) is 6.08 Å². The highest BCUT2D eigenvalue weighted by Crippen LogP contribution is 1.98. The molecule has 0 saturated heterocycles. The standard InChI is InChI=1S/C11H14O6/c1-4-10(13)15-5-9(17-7-12)6-16-11(14)8(2)3/h4,7,9H,1-2,5-6H2,3H3. The van der Waals surface area contributed by atoms with Crippen LogP contribution < -0.4 is 0 Å². The lowest BCUT2D eigenvalue weighted by atomic mass is 10.3. The first-order valence-electron chi connectivity index (χ1n) is 4.72. The summed E-state index contributed by atoms with van der Waals surface area (Å²) in [7, 11) is 0. The third-order valence-electron chi connectivity index (χ3n) is 1.57. The highest BCUT2D eigenvalue weighted by atomic mass is 16.6. The molecule has 6 nitrogen and oxygen atoms in total. The van der Waals surface area contributed by atoms with Gasteiger partial charge in [-0.25, -0.2) is 9.59 Å². The van der Waals surface area contributed by atoms with Gasteiger partial charge < -0.3 is 14.2 Å². The van der Waals surface area contributed by atoms with Crippen LogP contribution in [-0.4, -0.2) is 37.7 Å². The molecule has 0 aromatic rings. The second-order valence-electron chi connectivity index (χ2n) is 3.07. The fourth-order valence-electron chi connectivity index (χ4n) is 0.731. The number of carbonyl (C=O) groups is 3. The van der Waals surface area contributed by atoms with Gasteiger partial charge in [0.25, 0.3) is 6.47 Å². The fourth-order valence-corrected chi connectivity index (χ4v) is 0.731. The molecule has 0 N–H and O–H groups in total. The quantitative estimate of drug-likeness (QED) is 0.265. The fraction of sp³-hybridized carbons (Fsp3) is 0.364. The lowest BCUT2D eigenvalue weighted by Crippen LogP contribution is -2.28. The van der Waals surface area contributed by atoms with Gasteiger partial charge in [0, 0.05) is 11.6 Å². The van der Waals surface area contributed by atoms with Gasteiger partial charge in [0.05, 0.1) is 0 Å². The van der Waals surface area contributed by atoms with Crippen LogP contribution in [0, 0.1) is 0 Å². The summed E-state index contributed by atoms with van der Waals surface area (Å²) in [6, 6.07) is 0. The predicted molar refractivity (Wildman–Crippen MR) is 57.9 cm³/mol. The molecule has 0 radical (unpaired) electrons. The normalized spacial score (nSPS) is 10.9. The van der Waals surface area contributed by atoms with Crippen molar-refractivity contribution in [3.8, 4) is 0 Å². The van der Waals surface area contributed by atoms with E-state index in [1.54, 1.807) is 0 Å². The predicted octanol–water partition coefficient (Wildman–Crippen LogP) is 0.376. The summed E-state index contributed by atoms with van der Waals surface area (Å²) in [6.07, 6.45) is 0.123. The summed E-state index contributed by atoms with van der Waals surface area (Å²) in [5.74, 6) is -1.27. The van der Waals surface area contributed by atoms with Crippen LogP contribution >= 0.6 is 0 Å². The first kappa shape index (κ1) is 14.9. The van der Waals surface area contributed by atoms with E-state index in [9.17, 15) is 14.4 Å². The monoisotopic (exact) mass is 242 g/mol. The van der Waals surface area contributed by atoms with Gasteiger partial charge in [0.2, 0.25) is 0 Å². The SMILES string of the molecule is C=CC(=O)OCC(COC(=O)C(=C)C)OC=O. The topological polar surface area (TPSA) is 78.9 Å². The van der Waals surface area contributed by atoms with Gasteiger partial charge in [0.15, 0.2) is 6.10 Å². The highest BCUT2D eigenvalue weighted by Gasteiger charge is 2.15. The molecule has 0 saturated carbocycles. The van der Waals surface area contributed by atoms with Crippen molar-refractivity contribution < 1.29 is 28.6 Å².